The number of rotatable bonds is 7. The van der Waals surface area contributed by atoms with Crippen LogP contribution in [0.3, 0.4) is 0 Å². The average molecular weight is 487 g/mol. The normalized spacial score (nSPS) is 15.8. The van der Waals surface area contributed by atoms with Gasteiger partial charge in [0.05, 0.1) is 20.7 Å². The Balaban J connectivity index is 1.51. The summed E-state index contributed by atoms with van der Waals surface area (Å²) in [5.74, 6) is 1.31. The number of sulfonamides is 1. The van der Waals surface area contributed by atoms with Crippen molar-refractivity contribution in [3.8, 4) is 0 Å². The van der Waals surface area contributed by atoms with E-state index in [9.17, 15) is 13.2 Å². The zero-order chi connectivity index (χ0) is 21.7. The van der Waals surface area contributed by atoms with E-state index in [4.69, 9.17) is 23.2 Å². The van der Waals surface area contributed by atoms with Gasteiger partial charge in [0.15, 0.2) is 0 Å². The number of thioether (sulfide) groups is 1. The molecule has 0 aliphatic carbocycles. The second kappa shape index (κ2) is 10.4. The van der Waals surface area contributed by atoms with Crippen molar-refractivity contribution in [1.29, 1.82) is 0 Å². The van der Waals surface area contributed by atoms with Gasteiger partial charge in [-0.15, -0.1) is 11.8 Å². The van der Waals surface area contributed by atoms with Crippen LogP contribution in [0.1, 0.15) is 25.3 Å². The van der Waals surface area contributed by atoms with Crippen molar-refractivity contribution in [3.63, 3.8) is 0 Å². The van der Waals surface area contributed by atoms with E-state index in [0.29, 0.717) is 40.5 Å². The summed E-state index contributed by atoms with van der Waals surface area (Å²) in [6, 6.07) is 11.7. The van der Waals surface area contributed by atoms with Crippen molar-refractivity contribution < 1.29 is 13.2 Å². The fourth-order valence-electron chi connectivity index (χ4n) is 3.17. The second-order valence-corrected chi connectivity index (χ2v) is 11.1. The van der Waals surface area contributed by atoms with E-state index in [0.717, 1.165) is 18.4 Å². The first kappa shape index (κ1) is 23.4. The van der Waals surface area contributed by atoms with Gasteiger partial charge >= 0.3 is 0 Å². The molecule has 1 N–H and O–H groups in total. The molecule has 0 atom stereocenters. The molecule has 162 valence electrons. The fraction of sp³-hybridized carbons (Fsp3) is 0.381. The minimum Gasteiger partial charge on any atom is -0.325 e. The third-order valence-electron chi connectivity index (χ3n) is 5.00. The molecular weight excluding hydrogens is 463 g/mol. The summed E-state index contributed by atoms with van der Waals surface area (Å²) < 4.78 is 27.1. The summed E-state index contributed by atoms with van der Waals surface area (Å²) in [5, 5.41) is 3.79. The topological polar surface area (TPSA) is 66.5 Å². The van der Waals surface area contributed by atoms with Gasteiger partial charge in [-0.25, -0.2) is 8.42 Å². The van der Waals surface area contributed by atoms with Crippen molar-refractivity contribution in [1.82, 2.24) is 4.31 Å². The molecule has 5 nitrogen and oxygen atoms in total. The Labute approximate surface area is 192 Å². The van der Waals surface area contributed by atoms with Crippen LogP contribution in [0.15, 0.2) is 47.4 Å². The molecule has 1 saturated heterocycles. The number of halogens is 2. The van der Waals surface area contributed by atoms with Crippen LogP contribution >= 0.6 is 35.0 Å². The van der Waals surface area contributed by atoms with Crippen LogP contribution in [-0.2, 0) is 20.6 Å². The molecule has 9 heteroatoms. The lowest BCUT2D eigenvalue weighted by Crippen LogP contribution is -2.37. The van der Waals surface area contributed by atoms with Gasteiger partial charge in [-0.3, -0.25) is 4.79 Å². The van der Waals surface area contributed by atoms with Crippen LogP contribution < -0.4 is 5.32 Å². The van der Waals surface area contributed by atoms with E-state index in [1.807, 2.05) is 6.07 Å². The van der Waals surface area contributed by atoms with Crippen LogP contribution in [0.4, 0.5) is 5.69 Å². The Morgan fingerprint density at radius 2 is 1.77 bits per heavy atom. The molecule has 0 radical (unpaired) electrons. The van der Waals surface area contributed by atoms with E-state index in [-0.39, 0.29) is 16.6 Å². The van der Waals surface area contributed by atoms with Gasteiger partial charge in [-0.1, -0.05) is 36.2 Å². The van der Waals surface area contributed by atoms with Gasteiger partial charge in [0.2, 0.25) is 15.9 Å². The zero-order valence-electron chi connectivity index (χ0n) is 16.6. The van der Waals surface area contributed by atoms with E-state index < -0.39 is 10.0 Å². The molecule has 1 heterocycles. The first-order valence-corrected chi connectivity index (χ1v) is 13.0. The highest BCUT2D eigenvalue weighted by Gasteiger charge is 2.27. The van der Waals surface area contributed by atoms with Gasteiger partial charge < -0.3 is 5.32 Å². The van der Waals surface area contributed by atoms with Gasteiger partial charge in [0.25, 0.3) is 0 Å². The number of amides is 1. The Morgan fingerprint density at radius 1 is 1.10 bits per heavy atom. The van der Waals surface area contributed by atoms with Crippen molar-refractivity contribution in [2.75, 3.05) is 24.2 Å². The molecule has 1 amide bonds. The standard InChI is InChI=1S/C21H24Cl2N2O3S2/c1-15-8-10-25(11-9-15)30(27,28)18-5-3-17(4-6-18)24-21(26)14-29-13-16-2-7-19(22)20(23)12-16/h2-7,12,15H,8-11,13-14H2,1H3,(H,24,26). The highest BCUT2D eigenvalue weighted by molar-refractivity contribution is 7.99. The number of hydrogen-bond acceptors (Lipinski definition) is 4. The Hall–Kier alpha value is -1.25. The summed E-state index contributed by atoms with van der Waals surface area (Å²) in [6.45, 7) is 3.25. The maximum atomic E-state index is 12.8. The molecule has 2 aromatic rings. The molecule has 2 aromatic carbocycles. The number of piperidine rings is 1. The molecular formula is C21H24Cl2N2O3S2. The largest absolute Gasteiger partial charge is 0.325 e. The Kier molecular flexibility index (Phi) is 8.10. The molecule has 3 rings (SSSR count). The molecule has 0 aromatic heterocycles. The molecule has 1 aliphatic heterocycles. The van der Waals surface area contributed by atoms with Gasteiger partial charge in [0.1, 0.15) is 0 Å². The maximum Gasteiger partial charge on any atom is 0.243 e. The molecule has 30 heavy (non-hydrogen) atoms. The van der Waals surface area contributed by atoms with Crippen molar-refractivity contribution in [2.24, 2.45) is 5.92 Å². The van der Waals surface area contributed by atoms with E-state index >= 15 is 0 Å². The number of nitrogens with one attached hydrogen (secondary N) is 1. The minimum absolute atomic E-state index is 0.152. The summed E-state index contributed by atoms with van der Waals surface area (Å²) in [6.07, 6.45) is 1.76. The van der Waals surface area contributed by atoms with E-state index in [2.05, 4.69) is 12.2 Å². The van der Waals surface area contributed by atoms with Crippen molar-refractivity contribution in [2.45, 2.75) is 30.4 Å². The number of carbonyl (C=O) groups is 1. The number of anilines is 1. The van der Waals surface area contributed by atoms with Crippen LogP contribution in [-0.4, -0.2) is 37.5 Å². The quantitative estimate of drug-likeness (QED) is 0.577. The third kappa shape index (κ3) is 6.14. The fourth-order valence-corrected chi connectivity index (χ4v) is 5.74. The molecule has 0 bridgehead atoms. The highest BCUT2D eigenvalue weighted by Crippen LogP contribution is 2.26. The molecule has 0 saturated carbocycles. The summed E-state index contributed by atoms with van der Waals surface area (Å²) in [4.78, 5) is 12.4. The molecule has 1 fully saturated rings. The number of nitrogens with zero attached hydrogens (tertiary/aromatic N) is 1. The number of benzene rings is 2. The summed E-state index contributed by atoms with van der Waals surface area (Å²) >= 11 is 13.4. The summed E-state index contributed by atoms with van der Waals surface area (Å²) in [7, 11) is -3.49. The zero-order valence-corrected chi connectivity index (χ0v) is 19.8. The maximum absolute atomic E-state index is 12.8. The van der Waals surface area contributed by atoms with Gasteiger partial charge in [0, 0.05) is 24.5 Å². The van der Waals surface area contributed by atoms with Crippen LogP contribution in [0.5, 0.6) is 0 Å². The molecule has 1 aliphatic rings. The van der Waals surface area contributed by atoms with Crippen molar-refractivity contribution >= 4 is 56.6 Å². The van der Waals surface area contributed by atoms with E-state index in [1.54, 1.807) is 40.7 Å². The Bertz CT molecular complexity index is 990. The highest BCUT2D eigenvalue weighted by atomic mass is 35.5. The predicted octanol–water partition coefficient (Wildman–Crippen LogP) is 5.29. The molecule has 0 unspecified atom stereocenters. The second-order valence-electron chi connectivity index (χ2n) is 7.40. The number of hydrogen-bond donors (Lipinski definition) is 1. The van der Waals surface area contributed by atoms with Crippen LogP contribution in [0, 0.1) is 5.92 Å². The van der Waals surface area contributed by atoms with Gasteiger partial charge in [-0.2, -0.15) is 4.31 Å². The Morgan fingerprint density at radius 3 is 2.40 bits per heavy atom. The lowest BCUT2D eigenvalue weighted by Gasteiger charge is -2.29. The average Bonchev–Trinajstić information content (AvgIpc) is 2.71. The van der Waals surface area contributed by atoms with E-state index in [1.165, 1.54) is 11.8 Å². The lowest BCUT2D eigenvalue weighted by atomic mass is 10.0. The van der Waals surface area contributed by atoms with Crippen LogP contribution in [0.25, 0.3) is 0 Å². The SMILES string of the molecule is CC1CCN(S(=O)(=O)c2ccc(NC(=O)CSCc3ccc(Cl)c(Cl)c3)cc2)CC1. The monoisotopic (exact) mass is 486 g/mol. The van der Waals surface area contributed by atoms with Gasteiger partial charge in [-0.05, 0) is 60.7 Å². The van der Waals surface area contributed by atoms with Crippen LogP contribution in [0.2, 0.25) is 10.0 Å². The first-order valence-electron chi connectivity index (χ1n) is 9.67. The lowest BCUT2D eigenvalue weighted by molar-refractivity contribution is -0.113. The van der Waals surface area contributed by atoms with Crippen molar-refractivity contribution in [3.05, 3.63) is 58.1 Å². The number of carbonyl (C=O) groups excluding carboxylic acids is 1. The first-order chi connectivity index (χ1) is 14.3. The minimum atomic E-state index is -3.49. The third-order valence-corrected chi connectivity index (χ3v) is 8.66. The molecule has 0 spiro atoms. The summed E-state index contributed by atoms with van der Waals surface area (Å²) in [5.41, 5.74) is 1.56. The predicted molar refractivity (Wildman–Crippen MR) is 125 cm³/mol. The smallest absolute Gasteiger partial charge is 0.243 e.